The van der Waals surface area contributed by atoms with Crippen molar-refractivity contribution in [3.05, 3.63) is 94.1 Å². The molecule has 7 heteroatoms. The lowest BCUT2D eigenvalue weighted by Gasteiger charge is -2.10. The zero-order valence-corrected chi connectivity index (χ0v) is 16.3. The van der Waals surface area contributed by atoms with E-state index in [1.165, 1.54) is 18.2 Å². The first-order chi connectivity index (χ1) is 14.5. The second-order valence-electron chi connectivity index (χ2n) is 6.47. The third-order valence-electron chi connectivity index (χ3n) is 4.37. The van der Waals surface area contributed by atoms with Gasteiger partial charge < -0.3 is 14.5 Å². The first kappa shape index (κ1) is 19.7. The zero-order chi connectivity index (χ0) is 21.1. The van der Waals surface area contributed by atoms with Crippen LogP contribution in [0.4, 0.5) is 10.1 Å². The largest absolute Gasteiger partial charge is 0.484 e. The van der Waals surface area contributed by atoms with Crippen LogP contribution >= 0.6 is 11.6 Å². The lowest BCUT2D eigenvalue weighted by Crippen LogP contribution is -2.20. The van der Waals surface area contributed by atoms with E-state index in [-0.39, 0.29) is 11.6 Å². The van der Waals surface area contributed by atoms with Gasteiger partial charge in [0.15, 0.2) is 6.61 Å². The summed E-state index contributed by atoms with van der Waals surface area (Å²) >= 11 is 5.70. The molecule has 150 valence electrons. The van der Waals surface area contributed by atoms with Crippen LogP contribution in [0.25, 0.3) is 22.1 Å². The minimum absolute atomic E-state index is 0.0903. The predicted octanol–water partition coefficient (Wildman–Crippen LogP) is 5.27. The van der Waals surface area contributed by atoms with Crippen molar-refractivity contribution in [2.75, 3.05) is 11.9 Å². The summed E-state index contributed by atoms with van der Waals surface area (Å²) in [5.41, 5.74) is 1.86. The van der Waals surface area contributed by atoms with Gasteiger partial charge in [-0.15, -0.1) is 0 Å². The Labute approximate surface area is 175 Å². The minimum atomic E-state index is -0.571. The van der Waals surface area contributed by atoms with Crippen molar-refractivity contribution in [3.63, 3.8) is 0 Å². The zero-order valence-electron chi connectivity index (χ0n) is 15.5. The molecule has 30 heavy (non-hydrogen) atoms. The molecule has 1 heterocycles. The van der Waals surface area contributed by atoms with Crippen molar-refractivity contribution in [2.45, 2.75) is 0 Å². The number of amides is 1. The SMILES string of the molecule is O=C(COc1ccc2c(-c3ccccc3)cc(=O)oc2c1)Nc1ccc(F)c(Cl)c1. The molecule has 1 aromatic heterocycles. The van der Waals surface area contributed by atoms with Gasteiger partial charge in [-0.2, -0.15) is 0 Å². The van der Waals surface area contributed by atoms with Gasteiger partial charge in [-0.05, 0) is 41.5 Å². The molecule has 0 bridgehead atoms. The maximum Gasteiger partial charge on any atom is 0.336 e. The highest BCUT2D eigenvalue weighted by atomic mass is 35.5. The average molecular weight is 424 g/mol. The molecule has 0 aliphatic heterocycles. The topological polar surface area (TPSA) is 68.5 Å². The molecule has 0 aliphatic carbocycles. The number of rotatable bonds is 5. The molecule has 1 N–H and O–H groups in total. The lowest BCUT2D eigenvalue weighted by atomic mass is 10.0. The molecule has 0 saturated heterocycles. The van der Waals surface area contributed by atoms with Crippen molar-refractivity contribution in [3.8, 4) is 16.9 Å². The van der Waals surface area contributed by atoms with E-state index in [4.69, 9.17) is 20.8 Å². The summed E-state index contributed by atoms with van der Waals surface area (Å²) in [6, 6.07) is 19.8. The molecule has 0 saturated carbocycles. The second kappa shape index (κ2) is 8.39. The third kappa shape index (κ3) is 4.34. The molecule has 1 amide bonds. The van der Waals surface area contributed by atoms with E-state index >= 15 is 0 Å². The normalized spacial score (nSPS) is 10.7. The molecule has 0 radical (unpaired) electrons. The highest BCUT2D eigenvalue weighted by molar-refractivity contribution is 6.31. The van der Waals surface area contributed by atoms with Gasteiger partial charge in [0.05, 0.1) is 5.02 Å². The van der Waals surface area contributed by atoms with Crippen LogP contribution in [-0.4, -0.2) is 12.5 Å². The lowest BCUT2D eigenvalue weighted by molar-refractivity contribution is -0.118. The van der Waals surface area contributed by atoms with Gasteiger partial charge in [0.2, 0.25) is 0 Å². The maximum atomic E-state index is 13.2. The molecular weight excluding hydrogens is 409 g/mol. The number of hydrogen-bond donors (Lipinski definition) is 1. The summed E-state index contributed by atoms with van der Waals surface area (Å²) in [6.07, 6.45) is 0. The first-order valence-electron chi connectivity index (χ1n) is 9.00. The predicted molar refractivity (Wildman–Crippen MR) is 113 cm³/mol. The molecule has 0 atom stereocenters. The van der Waals surface area contributed by atoms with Crippen LogP contribution in [0.1, 0.15) is 0 Å². The Morgan fingerprint density at radius 1 is 1.03 bits per heavy atom. The highest BCUT2D eigenvalue weighted by Gasteiger charge is 2.11. The molecule has 4 aromatic rings. The number of benzene rings is 3. The summed E-state index contributed by atoms with van der Waals surface area (Å²) in [5.74, 6) is -0.654. The molecule has 0 aliphatic rings. The van der Waals surface area contributed by atoms with Crippen LogP contribution in [0.3, 0.4) is 0 Å². The molecule has 4 rings (SSSR count). The maximum absolute atomic E-state index is 13.2. The van der Waals surface area contributed by atoms with Gasteiger partial charge in [-0.3, -0.25) is 4.79 Å². The van der Waals surface area contributed by atoms with Crippen LogP contribution in [-0.2, 0) is 4.79 Å². The standard InChI is InChI=1S/C23H15ClFNO4/c24-19-10-15(6-9-20(19)25)26-22(27)13-29-16-7-8-17-18(14-4-2-1-3-5-14)12-23(28)30-21(17)11-16/h1-12H,13H2,(H,26,27). The second-order valence-corrected chi connectivity index (χ2v) is 6.88. The van der Waals surface area contributed by atoms with E-state index < -0.39 is 17.3 Å². The Balaban J connectivity index is 1.52. The van der Waals surface area contributed by atoms with Gasteiger partial charge in [0.1, 0.15) is 17.1 Å². The van der Waals surface area contributed by atoms with E-state index in [0.29, 0.717) is 17.0 Å². The quantitative estimate of drug-likeness (QED) is 0.444. The number of anilines is 1. The summed E-state index contributed by atoms with van der Waals surface area (Å²) in [4.78, 5) is 24.1. The smallest absolute Gasteiger partial charge is 0.336 e. The van der Waals surface area contributed by atoms with Crippen LogP contribution in [0.15, 0.2) is 82.0 Å². The van der Waals surface area contributed by atoms with Crippen molar-refractivity contribution < 1.29 is 18.3 Å². The molecule has 0 spiro atoms. The Morgan fingerprint density at radius 3 is 2.60 bits per heavy atom. The number of hydrogen-bond acceptors (Lipinski definition) is 4. The van der Waals surface area contributed by atoms with E-state index in [2.05, 4.69) is 5.32 Å². The Hall–Kier alpha value is -3.64. The van der Waals surface area contributed by atoms with Crippen LogP contribution < -0.4 is 15.7 Å². The summed E-state index contributed by atoms with van der Waals surface area (Å²) in [6.45, 7) is -0.289. The van der Waals surface area contributed by atoms with Gasteiger partial charge >= 0.3 is 5.63 Å². The first-order valence-corrected chi connectivity index (χ1v) is 9.38. The summed E-state index contributed by atoms with van der Waals surface area (Å²) in [7, 11) is 0. The Kier molecular flexibility index (Phi) is 5.50. The average Bonchev–Trinajstić information content (AvgIpc) is 2.74. The van der Waals surface area contributed by atoms with Crippen molar-refractivity contribution >= 4 is 34.2 Å². The Morgan fingerprint density at radius 2 is 1.83 bits per heavy atom. The number of fused-ring (bicyclic) bond motifs is 1. The molecule has 5 nitrogen and oxygen atoms in total. The van der Waals surface area contributed by atoms with Crippen LogP contribution in [0, 0.1) is 5.82 Å². The number of nitrogens with one attached hydrogen (secondary N) is 1. The highest BCUT2D eigenvalue weighted by Crippen LogP contribution is 2.29. The van der Waals surface area contributed by atoms with Crippen LogP contribution in [0.2, 0.25) is 5.02 Å². The fourth-order valence-corrected chi connectivity index (χ4v) is 3.19. The van der Waals surface area contributed by atoms with Crippen molar-refractivity contribution in [2.24, 2.45) is 0 Å². The fourth-order valence-electron chi connectivity index (χ4n) is 3.01. The number of carbonyl (C=O) groups excluding carboxylic acids is 1. The van der Waals surface area contributed by atoms with Crippen molar-refractivity contribution in [1.82, 2.24) is 0 Å². The van der Waals surface area contributed by atoms with Gasteiger partial charge in [-0.1, -0.05) is 41.9 Å². The van der Waals surface area contributed by atoms with Crippen molar-refractivity contribution in [1.29, 1.82) is 0 Å². The summed E-state index contributed by atoms with van der Waals surface area (Å²) in [5, 5.41) is 3.23. The fraction of sp³-hybridized carbons (Fsp3) is 0.0435. The summed E-state index contributed by atoms with van der Waals surface area (Å²) < 4.78 is 24.0. The van der Waals surface area contributed by atoms with E-state index in [0.717, 1.165) is 22.6 Å². The number of carbonyl (C=O) groups is 1. The van der Waals surface area contributed by atoms with E-state index in [1.807, 2.05) is 30.3 Å². The third-order valence-corrected chi connectivity index (χ3v) is 4.66. The molecule has 0 unspecified atom stereocenters. The van der Waals surface area contributed by atoms with E-state index in [9.17, 15) is 14.0 Å². The number of halogens is 2. The van der Waals surface area contributed by atoms with E-state index in [1.54, 1.807) is 18.2 Å². The van der Waals surface area contributed by atoms with Crippen LogP contribution in [0.5, 0.6) is 5.75 Å². The minimum Gasteiger partial charge on any atom is -0.484 e. The monoisotopic (exact) mass is 423 g/mol. The Bertz CT molecular complexity index is 1290. The molecule has 3 aromatic carbocycles. The van der Waals surface area contributed by atoms with Gasteiger partial charge in [0.25, 0.3) is 5.91 Å². The molecular formula is C23H15ClFNO4. The number of ether oxygens (including phenoxy) is 1. The van der Waals surface area contributed by atoms with Gasteiger partial charge in [-0.25, -0.2) is 9.18 Å². The van der Waals surface area contributed by atoms with Gasteiger partial charge in [0, 0.05) is 23.2 Å². The molecule has 0 fully saturated rings.